The maximum absolute atomic E-state index is 10.5. The van der Waals surface area contributed by atoms with E-state index < -0.39 is 33.5 Å². The number of primary amides is 1. The molecular formula is C23H34Cl3FN8O7S. The number of rotatable bonds is 3. The van der Waals surface area contributed by atoms with Crippen LogP contribution in [-0.2, 0) is 14.0 Å². The van der Waals surface area contributed by atoms with Gasteiger partial charge in [-0.1, -0.05) is 0 Å². The van der Waals surface area contributed by atoms with Gasteiger partial charge in [-0.3, -0.25) is 14.0 Å². The van der Waals surface area contributed by atoms with Crippen LogP contribution in [0.2, 0.25) is 0 Å². The first kappa shape index (κ1) is 44.1. The van der Waals surface area contributed by atoms with Crippen molar-refractivity contribution in [3.05, 3.63) is 71.3 Å². The van der Waals surface area contributed by atoms with E-state index in [-0.39, 0.29) is 28.7 Å². The molecule has 1 aliphatic rings. The molecule has 0 saturated carbocycles. The molecule has 3 aromatic rings. The highest BCUT2D eigenvalue weighted by atomic mass is 36.0. The summed E-state index contributed by atoms with van der Waals surface area (Å²) in [6, 6.07) is 4.31. The fraction of sp³-hybridized carbons (Fsp3) is 0.348. The number of aromatic nitrogens is 6. The van der Waals surface area contributed by atoms with Crippen LogP contribution in [0.3, 0.4) is 0 Å². The third-order valence-electron chi connectivity index (χ3n) is 3.83. The van der Waals surface area contributed by atoms with Crippen molar-refractivity contribution in [2.75, 3.05) is 20.4 Å². The molecule has 1 amide bonds. The van der Waals surface area contributed by atoms with E-state index in [0.29, 0.717) is 17.5 Å². The van der Waals surface area contributed by atoms with Crippen molar-refractivity contribution in [3.63, 3.8) is 0 Å². The van der Waals surface area contributed by atoms with Crippen molar-refractivity contribution < 1.29 is 39.7 Å². The Kier molecular flexibility index (Phi) is 29.5. The van der Waals surface area contributed by atoms with Crippen LogP contribution in [-0.4, -0.2) is 82.2 Å². The number of hydrogen-bond acceptors (Lipinski definition) is 12. The molecule has 3 aromatic heterocycles. The maximum Gasteiger partial charge on any atom is 0.354 e. The lowest BCUT2D eigenvalue weighted by Gasteiger charge is -1.92. The molecule has 4 rings (SSSR count). The predicted octanol–water partition coefficient (Wildman–Crippen LogP) is 3.29. The van der Waals surface area contributed by atoms with Gasteiger partial charge in [-0.05, 0) is 63.4 Å². The summed E-state index contributed by atoms with van der Waals surface area (Å²) in [6.07, 6.45) is 6.98. The second kappa shape index (κ2) is 28.8. The van der Waals surface area contributed by atoms with E-state index in [1.807, 2.05) is 0 Å². The van der Waals surface area contributed by atoms with Crippen LogP contribution in [0.1, 0.15) is 63.2 Å². The third-order valence-corrected chi connectivity index (χ3v) is 4.02. The van der Waals surface area contributed by atoms with Crippen LogP contribution in [0, 0.1) is 20.8 Å². The second-order valence-corrected chi connectivity index (χ2v) is 9.78. The Morgan fingerprint density at radius 2 is 1.23 bits per heavy atom. The van der Waals surface area contributed by atoms with Crippen molar-refractivity contribution in [2.24, 2.45) is 5.73 Å². The number of aryl methyl sites for hydroxylation is 3. The Hall–Kier alpha value is -3.32. The van der Waals surface area contributed by atoms with Crippen LogP contribution in [0.25, 0.3) is 0 Å². The zero-order valence-electron chi connectivity index (χ0n) is 24.4. The molecule has 242 valence electrons. The number of nitrogens with zero attached hydrogens (tertiary/aromatic N) is 6. The average Bonchev–Trinajstić information content (AvgIpc) is 3.50. The van der Waals surface area contributed by atoms with E-state index in [0.717, 1.165) is 13.2 Å². The maximum atomic E-state index is 10.5. The summed E-state index contributed by atoms with van der Waals surface area (Å²) in [5.74, 6) is 0.0266. The SMILES string of the molecule is C1CCOC1.Cc1nccc(C(=O)Cl)n1.Cc1nccc(C(=O)O)n1.Cc1nccc(C(N)=O)n1.N.O.O=S(Cl)Cl.[2H]CF. The van der Waals surface area contributed by atoms with Gasteiger partial charge in [-0.15, -0.1) is 0 Å². The molecular weight excluding hydrogens is 658 g/mol. The second-order valence-electron chi connectivity index (χ2n) is 6.91. The van der Waals surface area contributed by atoms with Crippen LogP contribution in [0.4, 0.5) is 4.39 Å². The number of carboxylic acid groups (broad SMARTS) is 1. The molecule has 43 heavy (non-hydrogen) atoms. The topological polar surface area (TPSA) is 268 Å². The van der Waals surface area contributed by atoms with E-state index in [4.69, 9.17) is 32.8 Å². The molecule has 1 saturated heterocycles. The first-order valence-corrected chi connectivity index (χ1v) is 14.2. The highest BCUT2D eigenvalue weighted by molar-refractivity contribution is 8.26. The average molecular weight is 693 g/mol. The van der Waals surface area contributed by atoms with Gasteiger partial charge in [0.1, 0.15) is 28.9 Å². The number of carbonyl (C=O) groups is 3. The minimum absolute atomic E-state index is 0. The largest absolute Gasteiger partial charge is 0.477 e. The fourth-order valence-corrected chi connectivity index (χ4v) is 2.35. The molecule has 1 fully saturated rings. The molecule has 20 heteroatoms. The molecule has 0 aliphatic carbocycles. The van der Waals surface area contributed by atoms with Gasteiger partial charge in [0.2, 0.25) is 9.23 Å². The van der Waals surface area contributed by atoms with Crippen molar-refractivity contribution in [1.82, 2.24) is 36.1 Å². The quantitative estimate of drug-likeness (QED) is 0.333. The minimum Gasteiger partial charge on any atom is -0.477 e. The van der Waals surface area contributed by atoms with E-state index in [2.05, 4.69) is 51.3 Å². The lowest BCUT2D eigenvalue weighted by molar-refractivity contribution is 0.0689. The molecule has 0 atom stereocenters. The predicted molar refractivity (Wildman–Crippen MR) is 162 cm³/mol. The number of ether oxygens (including phenoxy) is 1. The van der Waals surface area contributed by atoms with Crippen molar-refractivity contribution in [3.8, 4) is 0 Å². The Balaban J connectivity index is -0.000000227. The number of aromatic carboxylic acids is 1. The van der Waals surface area contributed by atoms with Crippen molar-refractivity contribution in [1.29, 1.82) is 0 Å². The zero-order valence-corrected chi connectivity index (χ0v) is 26.5. The van der Waals surface area contributed by atoms with Crippen LogP contribution < -0.4 is 11.9 Å². The van der Waals surface area contributed by atoms with Gasteiger partial charge >= 0.3 is 5.97 Å². The number of amides is 1. The summed E-state index contributed by atoms with van der Waals surface area (Å²) >= 11 is 5.15. The summed E-state index contributed by atoms with van der Waals surface area (Å²) < 4.78 is 29.5. The molecule has 15 nitrogen and oxygen atoms in total. The molecule has 0 unspecified atom stereocenters. The van der Waals surface area contributed by atoms with Gasteiger partial charge in [-0.25, -0.2) is 38.9 Å². The van der Waals surface area contributed by atoms with Crippen LogP contribution in [0.5, 0.6) is 0 Å². The fourth-order valence-electron chi connectivity index (χ4n) is 2.24. The number of nitrogens with two attached hydrogens (primary N) is 1. The molecule has 1 aliphatic heterocycles. The van der Waals surface area contributed by atoms with Crippen LogP contribution >= 0.6 is 33.0 Å². The lowest BCUT2D eigenvalue weighted by Crippen LogP contribution is -2.13. The molecule has 0 aromatic carbocycles. The van der Waals surface area contributed by atoms with Gasteiger partial charge in [-0.2, -0.15) is 0 Å². The smallest absolute Gasteiger partial charge is 0.354 e. The normalized spacial score (nSPS) is 10.6. The number of alkyl halides is 1. The molecule has 8 N–H and O–H groups in total. The van der Waals surface area contributed by atoms with E-state index >= 15 is 0 Å². The molecule has 0 radical (unpaired) electrons. The number of hydrogen-bond donors (Lipinski definition) is 3. The Bertz CT molecular complexity index is 1130. The van der Waals surface area contributed by atoms with Crippen LogP contribution in [0.15, 0.2) is 36.8 Å². The third kappa shape index (κ3) is 27.3. The minimum atomic E-state index is -1.67. The lowest BCUT2D eigenvalue weighted by atomic mass is 10.4. The first-order chi connectivity index (χ1) is 19.7. The standard InChI is InChI=1S/C6H5ClN2O.C6H7N3O.C6H6N2O2.C4H8O.CH3F.Cl2OS.H3N.H2O/c2*1-4-8-3-2-5(9-4)6(7)10;1-4-7-3-2-5(8-4)6(9)10;1-2-4-5-3-1;1-2;1-4(2)3;;/h2-3H,1H3;2-3H,1H3,(H2,7,10);2-3H,1H3,(H,9,10);1-4H2;1H3;;1H3;1H2/i;;;;1D;;;. The summed E-state index contributed by atoms with van der Waals surface area (Å²) in [4.78, 5) is 53.8. The summed E-state index contributed by atoms with van der Waals surface area (Å²) in [6.45, 7) is 7.04. The highest BCUT2D eigenvalue weighted by Crippen LogP contribution is 1.99. The molecule has 4 heterocycles. The van der Waals surface area contributed by atoms with E-state index in [9.17, 15) is 18.8 Å². The molecule has 0 spiro atoms. The van der Waals surface area contributed by atoms with E-state index in [1.165, 1.54) is 49.6 Å². The molecule has 0 bridgehead atoms. The number of halogens is 4. The first-order valence-electron chi connectivity index (χ1n) is 11.7. The van der Waals surface area contributed by atoms with E-state index in [1.54, 1.807) is 20.8 Å². The van der Waals surface area contributed by atoms with Gasteiger partial charge in [0.05, 0.1) is 8.52 Å². The van der Waals surface area contributed by atoms with Gasteiger partial charge in [0, 0.05) is 53.2 Å². The Labute approximate surface area is 265 Å². The zero-order chi connectivity index (χ0) is 32.5. The summed E-state index contributed by atoms with van der Waals surface area (Å²) in [5, 5.41) is 7.87. The summed E-state index contributed by atoms with van der Waals surface area (Å²) in [7, 11) is 6.36. The summed E-state index contributed by atoms with van der Waals surface area (Å²) in [5.41, 5.74) is 5.49. The monoisotopic (exact) mass is 691 g/mol. The Morgan fingerprint density at radius 3 is 1.44 bits per heavy atom. The van der Waals surface area contributed by atoms with Crippen molar-refractivity contribution in [2.45, 2.75) is 33.6 Å². The van der Waals surface area contributed by atoms with Crippen molar-refractivity contribution >= 4 is 59.3 Å². The Morgan fingerprint density at radius 1 is 0.907 bits per heavy atom. The highest BCUT2D eigenvalue weighted by Gasteiger charge is 2.03. The van der Waals surface area contributed by atoms with Gasteiger partial charge < -0.3 is 27.2 Å². The van der Waals surface area contributed by atoms with Gasteiger partial charge in [0.25, 0.3) is 11.1 Å². The number of carbonyl (C=O) groups excluding carboxylic acids is 2. The van der Waals surface area contributed by atoms with Gasteiger partial charge in [0.15, 0.2) is 5.69 Å². The number of carboxylic acids is 1.